The van der Waals surface area contributed by atoms with Crippen molar-refractivity contribution in [2.24, 2.45) is 0 Å². The third-order valence-corrected chi connectivity index (χ3v) is 4.05. The normalized spacial score (nSPS) is 13.8. The number of pyridine rings is 1. The van der Waals surface area contributed by atoms with Crippen LogP contribution in [0.2, 0.25) is 0 Å². The maximum atomic E-state index is 13.8. The van der Waals surface area contributed by atoms with Gasteiger partial charge in [0.1, 0.15) is 11.6 Å². The molecule has 0 bridgehead atoms. The highest BCUT2D eigenvalue weighted by Gasteiger charge is 2.22. The Labute approximate surface area is 139 Å². The van der Waals surface area contributed by atoms with Gasteiger partial charge in [-0.3, -0.25) is 4.98 Å². The van der Waals surface area contributed by atoms with Gasteiger partial charge in [-0.05, 0) is 48.4 Å². The van der Waals surface area contributed by atoms with E-state index in [1.54, 1.807) is 43.5 Å². The summed E-state index contributed by atoms with van der Waals surface area (Å²) in [7, 11) is 0. The van der Waals surface area contributed by atoms with Gasteiger partial charge in [-0.1, -0.05) is 18.2 Å². The molecule has 0 saturated carbocycles. The summed E-state index contributed by atoms with van der Waals surface area (Å²) in [4.78, 5) is 4.24. The standard InChI is InChI=1S/C19H18F2N2O/c1-19(24,14-5-7-15(20)8-6-14)12-22-11-13-4-9-17(21)16-3-2-10-23-18(13)16/h2-10,22,24H,11-12H2,1H3. The van der Waals surface area contributed by atoms with Gasteiger partial charge >= 0.3 is 0 Å². The number of benzene rings is 2. The van der Waals surface area contributed by atoms with E-state index in [9.17, 15) is 13.9 Å². The minimum absolute atomic E-state index is 0.268. The average molecular weight is 328 g/mol. The second-order valence-corrected chi connectivity index (χ2v) is 5.99. The van der Waals surface area contributed by atoms with Gasteiger partial charge in [0.25, 0.3) is 0 Å². The zero-order valence-electron chi connectivity index (χ0n) is 13.3. The molecule has 0 amide bonds. The molecule has 1 unspecified atom stereocenters. The summed E-state index contributed by atoms with van der Waals surface area (Å²) in [5, 5.41) is 14.2. The Morgan fingerprint density at radius 2 is 1.83 bits per heavy atom. The largest absolute Gasteiger partial charge is 0.384 e. The predicted octanol–water partition coefficient (Wildman–Crippen LogP) is 3.51. The second kappa shape index (κ2) is 6.63. The molecule has 1 atom stereocenters. The topological polar surface area (TPSA) is 45.1 Å². The molecule has 0 aliphatic carbocycles. The third kappa shape index (κ3) is 3.42. The number of aromatic nitrogens is 1. The third-order valence-electron chi connectivity index (χ3n) is 4.05. The van der Waals surface area contributed by atoms with Gasteiger partial charge < -0.3 is 10.4 Å². The number of rotatable bonds is 5. The fraction of sp³-hybridized carbons (Fsp3) is 0.211. The summed E-state index contributed by atoms with van der Waals surface area (Å²) in [6.07, 6.45) is 1.62. The summed E-state index contributed by atoms with van der Waals surface area (Å²) in [6, 6.07) is 12.3. The van der Waals surface area contributed by atoms with Crippen molar-refractivity contribution in [1.29, 1.82) is 0 Å². The van der Waals surface area contributed by atoms with Crippen LogP contribution >= 0.6 is 0 Å². The van der Waals surface area contributed by atoms with Gasteiger partial charge in [-0.2, -0.15) is 0 Å². The molecule has 2 N–H and O–H groups in total. The lowest BCUT2D eigenvalue weighted by Gasteiger charge is -2.24. The van der Waals surface area contributed by atoms with Crippen molar-refractivity contribution in [2.45, 2.75) is 19.1 Å². The van der Waals surface area contributed by atoms with Crippen LogP contribution in [-0.4, -0.2) is 16.6 Å². The average Bonchev–Trinajstić information content (AvgIpc) is 2.57. The molecule has 0 fully saturated rings. The van der Waals surface area contributed by atoms with Crippen LogP contribution in [0.4, 0.5) is 8.78 Å². The number of nitrogens with zero attached hydrogens (tertiary/aromatic N) is 1. The van der Waals surface area contributed by atoms with Crippen molar-refractivity contribution >= 4 is 10.9 Å². The van der Waals surface area contributed by atoms with E-state index in [1.165, 1.54) is 18.2 Å². The van der Waals surface area contributed by atoms with Crippen molar-refractivity contribution in [2.75, 3.05) is 6.54 Å². The van der Waals surface area contributed by atoms with Crippen LogP contribution in [-0.2, 0) is 12.1 Å². The van der Waals surface area contributed by atoms with Crippen LogP contribution in [0.15, 0.2) is 54.7 Å². The first kappa shape index (κ1) is 16.5. The first-order valence-electron chi connectivity index (χ1n) is 7.68. The van der Waals surface area contributed by atoms with Crippen LogP contribution in [0.3, 0.4) is 0 Å². The fourth-order valence-electron chi connectivity index (χ4n) is 2.69. The number of nitrogens with one attached hydrogen (secondary N) is 1. The first-order chi connectivity index (χ1) is 11.5. The Hall–Kier alpha value is -2.37. The van der Waals surface area contributed by atoms with E-state index < -0.39 is 5.60 Å². The van der Waals surface area contributed by atoms with E-state index in [0.717, 1.165) is 5.56 Å². The maximum Gasteiger partial charge on any atom is 0.132 e. The molecule has 0 saturated heterocycles. The van der Waals surface area contributed by atoms with Crippen LogP contribution in [0.25, 0.3) is 10.9 Å². The van der Waals surface area contributed by atoms with E-state index in [1.807, 2.05) is 0 Å². The smallest absolute Gasteiger partial charge is 0.132 e. The Balaban J connectivity index is 1.72. The van der Waals surface area contributed by atoms with Crippen molar-refractivity contribution in [1.82, 2.24) is 10.3 Å². The van der Waals surface area contributed by atoms with Gasteiger partial charge in [-0.25, -0.2) is 8.78 Å². The number of aliphatic hydroxyl groups is 1. The lowest BCUT2D eigenvalue weighted by atomic mass is 9.96. The number of fused-ring (bicyclic) bond motifs is 1. The van der Waals surface area contributed by atoms with E-state index in [0.29, 0.717) is 23.0 Å². The summed E-state index contributed by atoms with van der Waals surface area (Å²) >= 11 is 0. The Morgan fingerprint density at radius 1 is 1.08 bits per heavy atom. The molecule has 0 spiro atoms. The first-order valence-corrected chi connectivity index (χ1v) is 7.68. The van der Waals surface area contributed by atoms with Crippen molar-refractivity contribution in [3.63, 3.8) is 0 Å². The zero-order valence-corrected chi connectivity index (χ0v) is 13.3. The molecule has 3 nitrogen and oxygen atoms in total. The molecular formula is C19H18F2N2O. The van der Waals surface area contributed by atoms with Crippen LogP contribution < -0.4 is 5.32 Å². The maximum absolute atomic E-state index is 13.8. The molecule has 24 heavy (non-hydrogen) atoms. The van der Waals surface area contributed by atoms with Crippen LogP contribution in [0, 0.1) is 11.6 Å². The van der Waals surface area contributed by atoms with Gasteiger partial charge in [0.05, 0.1) is 11.1 Å². The highest BCUT2D eigenvalue weighted by Crippen LogP contribution is 2.22. The monoisotopic (exact) mass is 328 g/mol. The highest BCUT2D eigenvalue weighted by molar-refractivity contribution is 5.82. The summed E-state index contributed by atoms with van der Waals surface area (Å²) in [5.74, 6) is -0.647. The molecular weight excluding hydrogens is 310 g/mol. The molecule has 1 heterocycles. The minimum atomic E-state index is -1.14. The summed E-state index contributed by atoms with van der Waals surface area (Å²) in [5.41, 5.74) is 0.934. The van der Waals surface area contributed by atoms with Gasteiger partial charge in [0, 0.05) is 24.7 Å². The Morgan fingerprint density at radius 3 is 2.58 bits per heavy atom. The van der Waals surface area contributed by atoms with Gasteiger partial charge in [0.2, 0.25) is 0 Å². The van der Waals surface area contributed by atoms with Crippen molar-refractivity contribution in [3.8, 4) is 0 Å². The Bertz CT molecular complexity index is 848. The molecule has 124 valence electrons. The van der Waals surface area contributed by atoms with E-state index in [-0.39, 0.29) is 18.2 Å². The van der Waals surface area contributed by atoms with Crippen molar-refractivity contribution in [3.05, 3.63) is 77.5 Å². The highest BCUT2D eigenvalue weighted by atomic mass is 19.1. The number of hydrogen-bond donors (Lipinski definition) is 2. The quantitative estimate of drug-likeness (QED) is 0.753. The molecule has 2 aromatic carbocycles. The fourth-order valence-corrected chi connectivity index (χ4v) is 2.69. The molecule has 3 rings (SSSR count). The minimum Gasteiger partial charge on any atom is -0.384 e. The molecule has 0 radical (unpaired) electrons. The molecule has 0 aliphatic rings. The number of halogens is 2. The van der Waals surface area contributed by atoms with E-state index in [4.69, 9.17) is 0 Å². The van der Waals surface area contributed by atoms with Crippen molar-refractivity contribution < 1.29 is 13.9 Å². The lowest BCUT2D eigenvalue weighted by molar-refractivity contribution is 0.0566. The SMILES string of the molecule is CC(O)(CNCc1ccc(F)c2cccnc12)c1ccc(F)cc1. The summed E-state index contributed by atoms with van der Waals surface area (Å²) in [6.45, 7) is 2.36. The van der Waals surface area contributed by atoms with E-state index >= 15 is 0 Å². The van der Waals surface area contributed by atoms with E-state index in [2.05, 4.69) is 10.3 Å². The molecule has 0 aliphatic heterocycles. The second-order valence-electron chi connectivity index (χ2n) is 5.99. The molecule has 3 aromatic rings. The molecule has 1 aromatic heterocycles. The van der Waals surface area contributed by atoms with Crippen LogP contribution in [0.5, 0.6) is 0 Å². The van der Waals surface area contributed by atoms with Crippen LogP contribution in [0.1, 0.15) is 18.1 Å². The summed E-state index contributed by atoms with van der Waals surface area (Å²) < 4.78 is 26.8. The molecule has 5 heteroatoms. The Kier molecular flexibility index (Phi) is 4.55. The number of hydrogen-bond acceptors (Lipinski definition) is 3. The van der Waals surface area contributed by atoms with Gasteiger partial charge in [-0.15, -0.1) is 0 Å². The predicted molar refractivity (Wildman–Crippen MR) is 89.4 cm³/mol. The lowest BCUT2D eigenvalue weighted by Crippen LogP contribution is -2.35. The zero-order chi connectivity index (χ0) is 17.2. The van der Waals surface area contributed by atoms with Gasteiger partial charge in [0.15, 0.2) is 0 Å².